The van der Waals surface area contributed by atoms with Crippen LogP contribution in [0.2, 0.25) is 0 Å². The van der Waals surface area contributed by atoms with Gasteiger partial charge in [-0.05, 0) is 54.4 Å². The van der Waals surface area contributed by atoms with Crippen LogP contribution >= 0.6 is 0 Å². The first kappa shape index (κ1) is 24.5. The second-order valence-corrected chi connectivity index (χ2v) is 8.06. The number of hydrazine groups is 1. The van der Waals surface area contributed by atoms with E-state index in [0.29, 0.717) is 17.3 Å². The summed E-state index contributed by atoms with van der Waals surface area (Å²) in [6, 6.07) is 18.7. The number of ether oxygens (including phenoxy) is 2. The summed E-state index contributed by atoms with van der Waals surface area (Å²) in [5.41, 5.74) is 6.27. The molecule has 2 aromatic carbocycles. The number of hydrazone groups is 1. The molecule has 0 aliphatic carbocycles. The number of carbonyl (C=O) groups excluding carboxylic acids is 2. The highest BCUT2D eigenvalue weighted by atomic mass is 16.5. The molecule has 9 nitrogen and oxygen atoms in total. The quantitative estimate of drug-likeness (QED) is 0.183. The van der Waals surface area contributed by atoms with Gasteiger partial charge >= 0.3 is 0 Å². The Balaban J connectivity index is 1.52. The molecule has 0 unspecified atom stereocenters. The smallest absolute Gasteiger partial charge is 0.277 e. The lowest BCUT2D eigenvalue weighted by atomic mass is 9.78. The molecule has 3 aromatic rings. The second kappa shape index (κ2) is 11.2. The van der Waals surface area contributed by atoms with Crippen LogP contribution in [-0.4, -0.2) is 31.2 Å². The van der Waals surface area contributed by atoms with E-state index in [1.54, 1.807) is 6.07 Å². The highest BCUT2D eigenvalue weighted by Crippen LogP contribution is 2.33. The number of nitrogens with two attached hydrogens (primary N) is 1. The Bertz CT molecular complexity index is 1130. The van der Waals surface area contributed by atoms with Crippen molar-refractivity contribution in [2.45, 2.75) is 26.2 Å². The SMILES string of the molecule is Cc1ccc(C=NNC(=O)COc2ccc(C(C)(C)c3ccc(OCC(=O)NN)cc3)cc2)o1. The molecule has 0 fully saturated rings. The monoisotopic (exact) mass is 464 g/mol. The molecular formula is C25H28N4O5. The molecule has 0 spiro atoms. The minimum Gasteiger partial charge on any atom is -0.484 e. The van der Waals surface area contributed by atoms with Crippen LogP contribution in [0.1, 0.15) is 36.5 Å². The van der Waals surface area contributed by atoms with Gasteiger partial charge in [-0.25, -0.2) is 11.3 Å². The summed E-state index contributed by atoms with van der Waals surface area (Å²) in [6.45, 7) is 5.73. The van der Waals surface area contributed by atoms with Gasteiger partial charge in [-0.3, -0.25) is 15.0 Å². The number of benzene rings is 2. The fourth-order valence-corrected chi connectivity index (χ4v) is 3.16. The highest BCUT2D eigenvalue weighted by molar-refractivity contribution is 5.81. The zero-order valence-corrected chi connectivity index (χ0v) is 19.3. The van der Waals surface area contributed by atoms with Gasteiger partial charge in [0.25, 0.3) is 11.8 Å². The van der Waals surface area contributed by atoms with Crippen molar-refractivity contribution >= 4 is 18.0 Å². The minimum absolute atomic E-state index is 0.144. The van der Waals surface area contributed by atoms with Crippen LogP contribution in [0.25, 0.3) is 0 Å². The third-order valence-corrected chi connectivity index (χ3v) is 5.20. The third-order valence-electron chi connectivity index (χ3n) is 5.20. The van der Waals surface area contributed by atoms with Crippen molar-refractivity contribution in [1.29, 1.82) is 0 Å². The van der Waals surface area contributed by atoms with E-state index in [0.717, 1.165) is 16.9 Å². The molecule has 0 radical (unpaired) electrons. The summed E-state index contributed by atoms with van der Waals surface area (Å²) in [7, 11) is 0. The standard InChI is InChI=1S/C25H28N4O5/c1-17-4-9-22(34-17)14-27-29-24(31)16-33-21-12-7-19(8-13-21)25(2,3)18-5-10-20(11-6-18)32-15-23(30)28-26/h4-14H,15-16,26H2,1-3H3,(H,28,30)(H,29,31). The van der Waals surface area contributed by atoms with Gasteiger partial charge < -0.3 is 13.9 Å². The number of amides is 2. The average molecular weight is 465 g/mol. The maximum Gasteiger partial charge on any atom is 0.277 e. The first-order chi connectivity index (χ1) is 16.3. The van der Waals surface area contributed by atoms with Gasteiger partial charge in [0.1, 0.15) is 23.0 Å². The summed E-state index contributed by atoms with van der Waals surface area (Å²) in [4.78, 5) is 23.1. The van der Waals surface area contributed by atoms with Gasteiger partial charge in [-0.15, -0.1) is 0 Å². The van der Waals surface area contributed by atoms with E-state index >= 15 is 0 Å². The van der Waals surface area contributed by atoms with Crippen molar-refractivity contribution < 1.29 is 23.5 Å². The lowest BCUT2D eigenvalue weighted by Gasteiger charge is -2.26. The molecule has 3 rings (SSSR count). The number of furan rings is 1. The summed E-state index contributed by atoms with van der Waals surface area (Å²) in [6.07, 6.45) is 1.43. The molecule has 1 heterocycles. The fraction of sp³-hybridized carbons (Fsp3) is 0.240. The summed E-state index contributed by atoms with van der Waals surface area (Å²) in [5.74, 6) is 6.74. The zero-order chi connectivity index (χ0) is 24.6. The first-order valence-corrected chi connectivity index (χ1v) is 10.6. The van der Waals surface area contributed by atoms with Crippen LogP contribution in [0, 0.1) is 6.92 Å². The van der Waals surface area contributed by atoms with E-state index in [1.807, 2.05) is 66.9 Å². The third kappa shape index (κ3) is 6.69. The van der Waals surface area contributed by atoms with Crippen molar-refractivity contribution in [2.24, 2.45) is 10.9 Å². The minimum atomic E-state index is -0.402. The Hall–Kier alpha value is -4.11. The molecule has 2 amide bonds. The molecule has 0 bridgehead atoms. The molecule has 0 saturated heterocycles. The van der Waals surface area contributed by atoms with Gasteiger partial charge in [-0.2, -0.15) is 5.10 Å². The van der Waals surface area contributed by atoms with Crippen LogP contribution in [0.4, 0.5) is 0 Å². The molecule has 0 saturated carbocycles. The molecule has 1 aromatic heterocycles. The normalized spacial score (nSPS) is 11.3. The van der Waals surface area contributed by atoms with Gasteiger partial charge in [-0.1, -0.05) is 38.1 Å². The molecular weight excluding hydrogens is 436 g/mol. The predicted molar refractivity (Wildman–Crippen MR) is 128 cm³/mol. The maximum absolute atomic E-state index is 11.9. The van der Waals surface area contributed by atoms with Crippen molar-refractivity contribution in [1.82, 2.24) is 10.9 Å². The Morgan fingerprint density at radius 2 is 1.44 bits per heavy atom. The average Bonchev–Trinajstić information content (AvgIpc) is 3.26. The number of nitrogens with zero attached hydrogens (tertiary/aromatic N) is 1. The number of hydrogen-bond acceptors (Lipinski definition) is 7. The fourth-order valence-electron chi connectivity index (χ4n) is 3.16. The highest BCUT2D eigenvalue weighted by Gasteiger charge is 2.23. The van der Waals surface area contributed by atoms with Crippen LogP contribution in [-0.2, 0) is 15.0 Å². The molecule has 178 valence electrons. The molecule has 0 aliphatic heterocycles. The van der Waals surface area contributed by atoms with Crippen molar-refractivity contribution in [3.05, 3.63) is 83.3 Å². The first-order valence-electron chi connectivity index (χ1n) is 10.6. The zero-order valence-electron chi connectivity index (χ0n) is 19.3. The second-order valence-electron chi connectivity index (χ2n) is 8.06. The van der Waals surface area contributed by atoms with Crippen LogP contribution in [0.15, 0.2) is 70.2 Å². The van der Waals surface area contributed by atoms with Gasteiger partial charge in [0, 0.05) is 5.41 Å². The Morgan fingerprint density at radius 1 is 0.912 bits per heavy atom. The summed E-state index contributed by atoms with van der Waals surface area (Å²) in [5, 5.41) is 3.85. The van der Waals surface area contributed by atoms with E-state index in [4.69, 9.17) is 19.7 Å². The number of hydrogen-bond donors (Lipinski definition) is 3. The number of nitrogens with one attached hydrogen (secondary N) is 2. The van der Waals surface area contributed by atoms with Crippen molar-refractivity contribution in [2.75, 3.05) is 13.2 Å². The van der Waals surface area contributed by atoms with E-state index < -0.39 is 5.91 Å². The van der Waals surface area contributed by atoms with Crippen LogP contribution in [0.3, 0.4) is 0 Å². The molecule has 9 heteroatoms. The number of rotatable bonds is 10. The summed E-state index contributed by atoms with van der Waals surface area (Å²) < 4.78 is 16.3. The lowest BCUT2D eigenvalue weighted by molar-refractivity contribution is -0.123. The Labute approximate surface area is 197 Å². The molecule has 0 atom stereocenters. The predicted octanol–water partition coefficient (Wildman–Crippen LogP) is 2.81. The largest absolute Gasteiger partial charge is 0.484 e. The van der Waals surface area contributed by atoms with Crippen LogP contribution < -0.4 is 26.2 Å². The van der Waals surface area contributed by atoms with E-state index in [9.17, 15) is 9.59 Å². The molecule has 0 aliphatic rings. The van der Waals surface area contributed by atoms with Crippen molar-refractivity contribution in [3.8, 4) is 11.5 Å². The Kier molecular flexibility index (Phi) is 8.05. The van der Waals surface area contributed by atoms with E-state index in [2.05, 4.69) is 24.4 Å². The maximum atomic E-state index is 11.9. The topological polar surface area (TPSA) is 128 Å². The van der Waals surface area contributed by atoms with Crippen LogP contribution in [0.5, 0.6) is 11.5 Å². The molecule has 34 heavy (non-hydrogen) atoms. The molecule has 4 N–H and O–H groups in total. The summed E-state index contributed by atoms with van der Waals surface area (Å²) >= 11 is 0. The number of carbonyl (C=O) groups is 2. The van der Waals surface area contributed by atoms with Gasteiger partial charge in [0.05, 0.1) is 6.21 Å². The number of aryl methyl sites for hydroxylation is 1. The van der Waals surface area contributed by atoms with E-state index in [-0.39, 0.29) is 24.5 Å². The van der Waals surface area contributed by atoms with Gasteiger partial charge in [0.15, 0.2) is 13.2 Å². The Morgan fingerprint density at radius 3 is 1.91 bits per heavy atom. The van der Waals surface area contributed by atoms with Crippen molar-refractivity contribution in [3.63, 3.8) is 0 Å². The van der Waals surface area contributed by atoms with E-state index in [1.165, 1.54) is 6.21 Å². The lowest BCUT2D eigenvalue weighted by Crippen LogP contribution is -2.34. The van der Waals surface area contributed by atoms with Gasteiger partial charge in [0.2, 0.25) is 0 Å².